The van der Waals surface area contributed by atoms with Crippen LogP contribution < -0.4 is 5.32 Å². The summed E-state index contributed by atoms with van der Waals surface area (Å²) in [5.74, 6) is 0.0918. The molecule has 1 aromatic heterocycles. The van der Waals surface area contributed by atoms with E-state index in [4.69, 9.17) is 4.52 Å². The van der Waals surface area contributed by atoms with E-state index in [0.717, 1.165) is 44.3 Å². The molecule has 0 unspecified atom stereocenters. The van der Waals surface area contributed by atoms with Crippen molar-refractivity contribution in [2.24, 2.45) is 0 Å². The Labute approximate surface area is 147 Å². The van der Waals surface area contributed by atoms with Crippen LogP contribution in [0.2, 0.25) is 0 Å². The molecule has 0 saturated carbocycles. The number of hydrogen-bond acceptors (Lipinski definition) is 4. The fraction of sp³-hybridized carbons (Fsp3) is 0.421. The van der Waals surface area contributed by atoms with Crippen LogP contribution in [0.4, 0.5) is 0 Å². The minimum absolute atomic E-state index is 0.00758. The van der Waals surface area contributed by atoms with E-state index in [0.29, 0.717) is 5.76 Å². The van der Waals surface area contributed by atoms with Gasteiger partial charge in [-0.05, 0) is 12.8 Å². The molecule has 3 rings (SSSR count). The van der Waals surface area contributed by atoms with E-state index in [9.17, 15) is 9.59 Å². The molecule has 1 aliphatic heterocycles. The van der Waals surface area contributed by atoms with Crippen LogP contribution >= 0.6 is 0 Å². The third-order valence-electron chi connectivity index (χ3n) is 4.41. The maximum Gasteiger partial charge on any atom is 0.273 e. The molecule has 1 saturated heterocycles. The average Bonchev–Trinajstić information content (AvgIpc) is 3.10. The molecule has 1 aromatic carbocycles. The summed E-state index contributed by atoms with van der Waals surface area (Å²) in [5.41, 5.74) is 1.03. The highest BCUT2D eigenvalue weighted by atomic mass is 16.5. The molecule has 2 heterocycles. The highest BCUT2D eigenvalue weighted by Gasteiger charge is 2.18. The molecule has 6 heteroatoms. The van der Waals surface area contributed by atoms with Gasteiger partial charge in [0.05, 0.1) is 6.54 Å². The fourth-order valence-corrected chi connectivity index (χ4v) is 2.98. The van der Waals surface area contributed by atoms with Gasteiger partial charge in [0.1, 0.15) is 0 Å². The Morgan fingerprint density at radius 2 is 1.72 bits per heavy atom. The van der Waals surface area contributed by atoms with Crippen LogP contribution in [0, 0.1) is 0 Å². The highest BCUT2D eigenvalue weighted by molar-refractivity contribution is 5.95. The number of amides is 2. The summed E-state index contributed by atoms with van der Waals surface area (Å²) < 4.78 is 5.22. The topological polar surface area (TPSA) is 75.4 Å². The van der Waals surface area contributed by atoms with Gasteiger partial charge in [-0.2, -0.15) is 0 Å². The van der Waals surface area contributed by atoms with Crippen molar-refractivity contribution in [3.05, 3.63) is 42.1 Å². The summed E-state index contributed by atoms with van der Waals surface area (Å²) in [5, 5.41) is 6.44. The van der Waals surface area contributed by atoms with Crippen molar-refractivity contribution in [1.82, 2.24) is 15.4 Å². The fourth-order valence-electron chi connectivity index (χ4n) is 2.98. The third kappa shape index (κ3) is 4.68. The maximum atomic E-state index is 12.3. The number of carbonyl (C=O) groups is 2. The summed E-state index contributed by atoms with van der Waals surface area (Å²) in [4.78, 5) is 26.3. The molecule has 0 aliphatic carbocycles. The van der Waals surface area contributed by atoms with E-state index in [-0.39, 0.29) is 18.1 Å². The van der Waals surface area contributed by atoms with Crippen LogP contribution in [-0.4, -0.2) is 41.5 Å². The van der Waals surface area contributed by atoms with Gasteiger partial charge in [-0.25, -0.2) is 0 Å². The standard InChI is InChI=1S/C19H23N3O3/c23-18(22-11-7-2-1-3-8-12-22)14-20-19(24)16-13-17(25-21-16)15-9-5-4-6-10-15/h4-6,9-10,13H,1-3,7-8,11-12,14H2,(H,20,24). The van der Waals surface area contributed by atoms with Crippen molar-refractivity contribution in [1.29, 1.82) is 0 Å². The summed E-state index contributed by atoms with van der Waals surface area (Å²) in [6.07, 6.45) is 5.64. The number of benzene rings is 1. The molecule has 25 heavy (non-hydrogen) atoms. The molecule has 2 aromatic rings. The first kappa shape index (κ1) is 17.2. The van der Waals surface area contributed by atoms with Crippen LogP contribution in [0.5, 0.6) is 0 Å². The molecule has 0 bridgehead atoms. The zero-order chi connectivity index (χ0) is 17.5. The summed E-state index contributed by atoms with van der Waals surface area (Å²) >= 11 is 0. The van der Waals surface area contributed by atoms with Gasteiger partial charge in [0, 0.05) is 24.7 Å². The van der Waals surface area contributed by atoms with Gasteiger partial charge < -0.3 is 14.7 Å². The quantitative estimate of drug-likeness (QED) is 0.928. The predicted octanol–water partition coefficient (Wildman–Crippen LogP) is 2.86. The zero-order valence-electron chi connectivity index (χ0n) is 14.2. The first-order chi connectivity index (χ1) is 12.2. The molecular formula is C19H23N3O3. The molecule has 1 fully saturated rings. The first-order valence-electron chi connectivity index (χ1n) is 8.82. The van der Waals surface area contributed by atoms with Crippen molar-refractivity contribution in [2.45, 2.75) is 32.1 Å². The van der Waals surface area contributed by atoms with Gasteiger partial charge in [0.2, 0.25) is 5.91 Å². The SMILES string of the molecule is O=C(NCC(=O)N1CCCCCCC1)c1cc(-c2ccccc2)on1. The van der Waals surface area contributed by atoms with Crippen LogP contribution in [0.3, 0.4) is 0 Å². The van der Waals surface area contributed by atoms with E-state index in [1.165, 1.54) is 6.42 Å². The number of rotatable bonds is 4. The van der Waals surface area contributed by atoms with Crippen molar-refractivity contribution in [3.8, 4) is 11.3 Å². The van der Waals surface area contributed by atoms with E-state index in [1.807, 2.05) is 35.2 Å². The van der Waals surface area contributed by atoms with Gasteiger partial charge in [0.15, 0.2) is 11.5 Å². The Hall–Kier alpha value is -2.63. The molecular weight excluding hydrogens is 318 g/mol. The Balaban J connectivity index is 1.54. The van der Waals surface area contributed by atoms with E-state index in [2.05, 4.69) is 10.5 Å². The van der Waals surface area contributed by atoms with Crippen molar-refractivity contribution in [3.63, 3.8) is 0 Å². The van der Waals surface area contributed by atoms with Gasteiger partial charge >= 0.3 is 0 Å². The second-order valence-corrected chi connectivity index (χ2v) is 6.27. The van der Waals surface area contributed by atoms with Crippen LogP contribution in [-0.2, 0) is 4.79 Å². The Morgan fingerprint density at radius 1 is 1.04 bits per heavy atom. The smallest absolute Gasteiger partial charge is 0.273 e. The Bertz CT molecular complexity index is 704. The largest absolute Gasteiger partial charge is 0.355 e. The van der Waals surface area contributed by atoms with Gasteiger partial charge in [-0.1, -0.05) is 54.8 Å². The van der Waals surface area contributed by atoms with Gasteiger partial charge in [-0.15, -0.1) is 0 Å². The van der Waals surface area contributed by atoms with Gasteiger partial charge in [0.25, 0.3) is 5.91 Å². The summed E-state index contributed by atoms with van der Waals surface area (Å²) in [6, 6.07) is 11.0. The summed E-state index contributed by atoms with van der Waals surface area (Å²) in [6.45, 7) is 1.54. The lowest BCUT2D eigenvalue weighted by atomic mass is 10.1. The normalized spacial score (nSPS) is 15.3. The molecule has 0 atom stereocenters. The van der Waals surface area contributed by atoms with Crippen LogP contribution in [0.15, 0.2) is 40.9 Å². The second kappa shape index (κ2) is 8.46. The monoisotopic (exact) mass is 341 g/mol. The molecule has 0 spiro atoms. The Morgan fingerprint density at radius 3 is 2.44 bits per heavy atom. The predicted molar refractivity (Wildman–Crippen MR) is 93.9 cm³/mol. The number of nitrogens with zero attached hydrogens (tertiary/aromatic N) is 2. The first-order valence-corrected chi connectivity index (χ1v) is 8.82. The molecule has 6 nitrogen and oxygen atoms in total. The number of aromatic nitrogens is 1. The molecule has 2 amide bonds. The minimum atomic E-state index is -0.397. The van der Waals surface area contributed by atoms with Crippen molar-refractivity contribution >= 4 is 11.8 Å². The van der Waals surface area contributed by atoms with Crippen LogP contribution in [0.25, 0.3) is 11.3 Å². The maximum absolute atomic E-state index is 12.3. The summed E-state index contributed by atoms with van der Waals surface area (Å²) in [7, 11) is 0. The molecule has 1 aliphatic rings. The van der Waals surface area contributed by atoms with E-state index < -0.39 is 5.91 Å². The molecule has 0 radical (unpaired) electrons. The minimum Gasteiger partial charge on any atom is -0.355 e. The van der Waals surface area contributed by atoms with Crippen molar-refractivity contribution < 1.29 is 14.1 Å². The third-order valence-corrected chi connectivity index (χ3v) is 4.41. The van der Waals surface area contributed by atoms with Crippen molar-refractivity contribution in [2.75, 3.05) is 19.6 Å². The molecule has 1 N–H and O–H groups in total. The average molecular weight is 341 g/mol. The zero-order valence-corrected chi connectivity index (χ0v) is 14.2. The van der Waals surface area contributed by atoms with Gasteiger partial charge in [-0.3, -0.25) is 9.59 Å². The lowest BCUT2D eigenvalue weighted by Crippen LogP contribution is -2.41. The number of carbonyl (C=O) groups excluding carboxylic acids is 2. The number of likely N-dealkylation sites (tertiary alicyclic amines) is 1. The lowest BCUT2D eigenvalue weighted by Gasteiger charge is -2.24. The van der Waals surface area contributed by atoms with Crippen LogP contribution in [0.1, 0.15) is 42.6 Å². The lowest BCUT2D eigenvalue weighted by molar-refractivity contribution is -0.130. The Kier molecular flexibility index (Phi) is 5.82. The highest BCUT2D eigenvalue weighted by Crippen LogP contribution is 2.19. The van der Waals surface area contributed by atoms with E-state index in [1.54, 1.807) is 6.07 Å². The second-order valence-electron chi connectivity index (χ2n) is 6.27. The van der Waals surface area contributed by atoms with E-state index >= 15 is 0 Å². The number of nitrogens with one attached hydrogen (secondary N) is 1. The number of hydrogen-bond donors (Lipinski definition) is 1. The molecule has 132 valence electrons.